The third-order valence-electron chi connectivity index (χ3n) is 6.25. The van der Waals surface area contributed by atoms with Crippen molar-refractivity contribution < 1.29 is 13.2 Å². The number of para-hydroxylation sites is 1. The van der Waals surface area contributed by atoms with Gasteiger partial charge in [0.05, 0.1) is 10.5 Å². The molecule has 8 nitrogen and oxygen atoms in total. The molecule has 37 heavy (non-hydrogen) atoms. The smallest absolute Gasteiger partial charge is 0.242 e. The van der Waals surface area contributed by atoms with E-state index in [2.05, 4.69) is 15.1 Å². The Balaban J connectivity index is 1.29. The van der Waals surface area contributed by atoms with Crippen LogP contribution in [-0.2, 0) is 10.0 Å². The zero-order chi connectivity index (χ0) is 26.2. The summed E-state index contributed by atoms with van der Waals surface area (Å²) in [4.78, 5) is 9.52. The number of anilines is 1. The van der Waals surface area contributed by atoms with Gasteiger partial charge in [-0.2, -0.15) is 0 Å². The van der Waals surface area contributed by atoms with E-state index in [0.29, 0.717) is 47.8 Å². The van der Waals surface area contributed by atoms with Gasteiger partial charge in [0.2, 0.25) is 10.0 Å². The number of sulfonamides is 1. The first-order valence-electron chi connectivity index (χ1n) is 11.7. The van der Waals surface area contributed by atoms with Gasteiger partial charge in [-0.25, -0.2) is 17.7 Å². The summed E-state index contributed by atoms with van der Waals surface area (Å²) < 4.78 is 32.0. The van der Waals surface area contributed by atoms with Gasteiger partial charge >= 0.3 is 0 Å². The van der Waals surface area contributed by atoms with Crippen LogP contribution in [0.4, 0.5) is 11.4 Å². The predicted molar refractivity (Wildman–Crippen MR) is 151 cm³/mol. The predicted octanol–water partition coefficient (Wildman–Crippen LogP) is 4.79. The molecule has 0 aliphatic carbocycles. The van der Waals surface area contributed by atoms with Crippen LogP contribution in [0.25, 0.3) is 0 Å². The number of rotatable bonds is 3. The maximum atomic E-state index is 12.3. The van der Waals surface area contributed by atoms with Gasteiger partial charge in [-0.15, -0.1) is 0 Å². The number of hydrogen-bond acceptors (Lipinski definition) is 6. The molecule has 2 aliphatic heterocycles. The van der Waals surface area contributed by atoms with Crippen molar-refractivity contribution in [3.05, 3.63) is 77.3 Å². The van der Waals surface area contributed by atoms with E-state index in [1.54, 1.807) is 30.3 Å². The number of halogens is 1. The van der Waals surface area contributed by atoms with Crippen LogP contribution in [0.1, 0.15) is 5.56 Å². The van der Waals surface area contributed by atoms with E-state index in [0.717, 1.165) is 22.8 Å². The molecule has 1 saturated heterocycles. The summed E-state index contributed by atoms with van der Waals surface area (Å²) >= 11 is 11.9. The molecular weight excluding hydrogens is 530 g/mol. The molecule has 0 radical (unpaired) electrons. The molecule has 0 atom stereocenters. The van der Waals surface area contributed by atoms with Crippen molar-refractivity contribution >= 4 is 56.2 Å². The molecule has 0 aromatic heterocycles. The number of nitrogens with one attached hydrogen (secondary N) is 1. The highest BCUT2D eigenvalue weighted by Crippen LogP contribution is 2.39. The summed E-state index contributed by atoms with van der Waals surface area (Å²) in [6.45, 7) is 2.82. The fourth-order valence-electron chi connectivity index (χ4n) is 4.18. The molecule has 2 heterocycles. The maximum absolute atomic E-state index is 12.3. The van der Waals surface area contributed by atoms with E-state index in [4.69, 9.17) is 33.5 Å². The first-order valence-corrected chi connectivity index (χ1v) is 13.9. The molecule has 1 N–H and O–H groups in total. The van der Waals surface area contributed by atoms with E-state index >= 15 is 0 Å². The SMILES string of the molecule is CN(C)S(=O)(=O)c1ccc(NC(=S)N2CCN(C3=Nc4cc(Cl)ccc4Oc4ccccc43)CC2)cc1. The van der Waals surface area contributed by atoms with Gasteiger partial charge in [-0.1, -0.05) is 23.7 Å². The standard InChI is InChI=1S/C26H26ClN5O3S2/c1-30(2)37(33,34)20-10-8-19(9-11-20)28-26(36)32-15-13-31(14-16-32)25-21-5-3-4-6-23(21)35-24-12-7-18(27)17-22(24)29-25/h3-12,17H,13-16H2,1-2H3,(H,28,36). The Morgan fingerprint density at radius 3 is 2.41 bits per heavy atom. The minimum Gasteiger partial charge on any atom is -0.454 e. The molecule has 2 aliphatic rings. The van der Waals surface area contributed by atoms with Gasteiger partial charge in [0, 0.05) is 51.0 Å². The fourth-order valence-corrected chi connectivity index (χ4v) is 5.55. The monoisotopic (exact) mass is 555 g/mol. The second-order valence-electron chi connectivity index (χ2n) is 8.86. The van der Waals surface area contributed by atoms with Gasteiger partial charge in [0.25, 0.3) is 0 Å². The zero-order valence-corrected chi connectivity index (χ0v) is 22.8. The van der Waals surface area contributed by atoms with Crippen molar-refractivity contribution in [2.45, 2.75) is 4.90 Å². The largest absolute Gasteiger partial charge is 0.454 e. The lowest BCUT2D eigenvalue weighted by Crippen LogP contribution is -2.51. The molecule has 5 rings (SSSR count). The Morgan fingerprint density at radius 2 is 1.70 bits per heavy atom. The number of nitrogens with zero attached hydrogens (tertiary/aromatic N) is 4. The average molecular weight is 556 g/mol. The average Bonchev–Trinajstić information content (AvgIpc) is 3.05. The molecule has 3 aromatic rings. The van der Waals surface area contributed by atoms with Crippen molar-refractivity contribution in [1.29, 1.82) is 0 Å². The van der Waals surface area contributed by atoms with E-state index in [1.165, 1.54) is 18.4 Å². The topological polar surface area (TPSA) is 77.5 Å². The zero-order valence-electron chi connectivity index (χ0n) is 20.4. The van der Waals surface area contributed by atoms with Crippen LogP contribution in [0.5, 0.6) is 11.5 Å². The van der Waals surface area contributed by atoms with Crippen molar-refractivity contribution in [2.24, 2.45) is 4.99 Å². The molecule has 1 fully saturated rings. The highest BCUT2D eigenvalue weighted by Gasteiger charge is 2.27. The molecular formula is C26H26ClN5O3S2. The van der Waals surface area contributed by atoms with Gasteiger partial charge in [-0.05, 0) is 66.8 Å². The van der Waals surface area contributed by atoms with Crippen molar-refractivity contribution in [2.75, 3.05) is 45.6 Å². The Kier molecular flexibility index (Phi) is 7.09. The second kappa shape index (κ2) is 10.3. The molecule has 0 bridgehead atoms. The van der Waals surface area contributed by atoms with Crippen molar-refractivity contribution in [1.82, 2.24) is 14.1 Å². The Bertz CT molecular complexity index is 1470. The van der Waals surface area contributed by atoms with E-state index < -0.39 is 10.0 Å². The van der Waals surface area contributed by atoms with Gasteiger partial charge in [0.15, 0.2) is 10.9 Å². The summed E-state index contributed by atoms with van der Waals surface area (Å²) in [5.41, 5.74) is 2.35. The maximum Gasteiger partial charge on any atom is 0.242 e. The fraction of sp³-hybridized carbons (Fsp3) is 0.231. The molecule has 11 heteroatoms. The number of fused-ring (bicyclic) bond motifs is 2. The van der Waals surface area contributed by atoms with Gasteiger partial charge < -0.3 is 19.9 Å². The van der Waals surface area contributed by atoms with Crippen molar-refractivity contribution in [3.63, 3.8) is 0 Å². The van der Waals surface area contributed by atoms with E-state index in [9.17, 15) is 8.42 Å². The third kappa shape index (κ3) is 5.28. The third-order valence-corrected chi connectivity index (χ3v) is 8.67. The number of benzene rings is 3. The van der Waals surface area contributed by atoms with Crippen molar-refractivity contribution in [3.8, 4) is 11.5 Å². The lowest BCUT2D eigenvalue weighted by atomic mass is 10.1. The lowest BCUT2D eigenvalue weighted by molar-refractivity contribution is 0.261. The summed E-state index contributed by atoms with van der Waals surface area (Å²) in [6.07, 6.45) is 0. The quantitative estimate of drug-likeness (QED) is 0.466. The molecule has 0 saturated carbocycles. The second-order valence-corrected chi connectivity index (χ2v) is 11.8. The van der Waals surface area contributed by atoms with Gasteiger partial charge in [-0.3, -0.25) is 0 Å². The minimum absolute atomic E-state index is 0.235. The van der Waals surface area contributed by atoms with Crippen LogP contribution >= 0.6 is 23.8 Å². The number of piperazine rings is 1. The summed E-state index contributed by atoms with van der Waals surface area (Å²) in [6, 6.07) is 19.9. The highest BCUT2D eigenvalue weighted by molar-refractivity contribution is 7.89. The Morgan fingerprint density at radius 1 is 1.00 bits per heavy atom. The van der Waals surface area contributed by atoms with Crippen LogP contribution in [0, 0.1) is 0 Å². The van der Waals surface area contributed by atoms with Gasteiger partial charge in [0.1, 0.15) is 17.3 Å². The highest BCUT2D eigenvalue weighted by atomic mass is 35.5. The molecule has 0 amide bonds. The number of ether oxygens (including phenoxy) is 1. The molecule has 192 valence electrons. The van der Waals surface area contributed by atoms with Crippen LogP contribution in [0.3, 0.4) is 0 Å². The first kappa shape index (κ1) is 25.5. The minimum atomic E-state index is -3.48. The normalized spacial score (nSPS) is 15.3. The van der Waals surface area contributed by atoms with Crippen LogP contribution in [0.2, 0.25) is 5.02 Å². The summed E-state index contributed by atoms with van der Waals surface area (Å²) in [7, 11) is -0.454. The number of thiocarbonyl (C=S) groups is 1. The van der Waals surface area contributed by atoms with E-state index in [1.807, 2.05) is 36.4 Å². The molecule has 3 aromatic carbocycles. The Hall–Kier alpha value is -3.18. The Labute approximate surface area is 227 Å². The molecule has 0 spiro atoms. The van der Waals surface area contributed by atoms with Crippen LogP contribution in [-0.4, -0.2) is 73.7 Å². The van der Waals surface area contributed by atoms with E-state index in [-0.39, 0.29) is 4.90 Å². The van der Waals surface area contributed by atoms with Crippen LogP contribution < -0.4 is 10.1 Å². The van der Waals surface area contributed by atoms with Crippen LogP contribution in [0.15, 0.2) is 76.6 Å². The first-order chi connectivity index (χ1) is 17.7. The number of aliphatic imine (C=N–C) groups is 1. The number of amidine groups is 1. The number of hydrogen-bond donors (Lipinski definition) is 1. The summed E-state index contributed by atoms with van der Waals surface area (Å²) in [5, 5.41) is 4.42. The summed E-state index contributed by atoms with van der Waals surface area (Å²) in [5.74, 6) is 2.26. The molecule has 0 unspecified atom stereocenters. The lowest BCUT2D eigenvalue weighted by Gasteiger charge is -2.37.